The second-order valence-corrected chi connectivity index (χ2v) is 8.15. The SMILES string of the molecule is CN(C)C1(CNC2CCSc3ccc(Cl)cc32)CCCC1. The van der Waals surface area contributed by atoms with Crippen molar-refractivity contribution < 1.29 is 0 Å². The molecular weight excluding hydrogens is 300 g/mol. The lowest BCUT2D eigenvalue weighted by Crippen LogP contribution is -2.50. The Labute approximate surface area is 137 Å². The molecule has 0 saturated heterocycles. The molecule has 2 nitrogen and oxygen atoms in total. The van der Waals surface area contributed by atoms with Crippen LogP contribution in [0.3, 0.4) is 0 Å². The van der Waals surface area contributed by atoms with Crippen molar-refractivity contribution in [2.24, 2.45) is 0 Å². The Morgan fingerprint density at radius 2 is 2.10 bits per heavy atom. The molecule has 0 amide bonds. The van der Waals surface area contributed by atoms with Crippen LogP contribution in [0.1, 0.15) is 43.7 Å². The normalized spacial score (nSPS) is 24.3. The molecule has 3 rings (SSSR count). The number of hydrogen-bond acceptors (Lipinski definition) is 3. The first-order valence-electron chi connectivity index (χ1n) is 7.94. The van der Waals surface area contributed by atoms with Gasteiger partial charge in [0.25, 0.3) is 0 Å². The van der Waals surface area contributed by atoms with Crippen molar-refractivity contribution >= 4 is 23.4 Å². The first-order chi connectivity index (χ1) is 10.1. The minimum absolute atomic E-state index is 0.351. The van der Waals surface area contributed by atoms with Crippen LogP contribution in [0.5, 0.6) is 0 Å². The van der Waals surface area contributed by atoms with Crippen LogP contribution >= 0.6 is 23.4 Å². The molecule has 1 heterocycles. The highest BCUT2D eigenvalue weighted by Gasteiger charge is 2.36. The molecule has 21 heavy (non-hydrogen) atoms. The number of hydrogen-bond donors (Lipinski definition) is 1. The lowest BCUT2D eigenvalue weighted by Gasteiger charge is -2.38. The molecular formula is C17H25ClN2S. The van der Waals surface area contributed by atoms with E-state index >= 15 is 0 Å². The van der Waals surface area contributed by atoms with E-state index in [1.165, 1.54) is 48.3 Å². The summed E-state index contributed by atoms with van der Waals surface area (Å²) in [5, 5.41) is 4.71. The molecule has 1 unspecified atom stereocenters. The van der Waals surface area contributed by atoms with Crippen LogP contribution in [0.15, 0.2) is 23.1 Å². The van der Waals surface area contributed by atoms with E-state index in [-0.39, 0.29) is 0 Å². The zero-order chi connectivity index (χ0) is 14.9. The molecule has 1 fully saturated rings. The maximum Gasteiger partial charge on any atom is 0.0410 e. The van der Waals surface area contributed by atoms with Gasteiger partial charge in [-0.3, -0.25) is 0 Å². The fraction of sp³-hybridized carbons (Fsp3) is 0.647. The van der Waals surface area contributed by atoms with E-state index in [9.17, 15) is 0 Å². The van der Waals surface area contributed by atoms with Crippen LogP contribution in [-0.4, -0.2) is 36.8 Å². The zero-order valence-corrected chi connectivity index (χ0v) is 14.6. The predicted molar refractivity (Wildman–Crippen MR) is 92.4 cm³/mol. The molecule has 1 aromatic carbocycles. The number of likely N-dealkylation sites (N-methyl/N-ethyl adjacent to an activating group) is 1. The molecule has 1 aliphatic heterocycles. The Hall–Kier alpha value is -0.220. The summed E-state index contributed by atoms with van der Waals surface area (Å²) in [5.74, 6) is 1.20. The summed E-state index contributed by atoms with van der Waals surface area (Å²) in [5.41, 5.74) is 1.74. The number of thioether (sulfide) groups is 1. The highest BCUT2D eigenvalue weighted by Crippen LogP contribution is 2.39. The lowest BCUT2D eigenvalue weighted by molar-refractivity contribution is 0.148. The summed E-state index contributed by atoms with van der Waals surface area (Å²) in [6.45, 7) is 1.08. The third kappa shape index (κ3) is 3.26. The summed E-state index contributed by atoms with van der Waals surface area (Å²) in [4.78, 5) is 3.83. The molecule has 4 heteroatoms. The van der Waals surface area contributed by atoms with Gasteiger partial charge in [0.1, 0.15) is 0 Å². The number of nitrogens with zero attached hydrogens (tertiary/aromatic N) is 1. The summed E-state index contributed by atoms with van der Waals surface area (Å²) in [6.07, 6.45) is 6.56. The second kappa shape index (κ2) is 6.49. The molecule has 0 bridgehead atoms. The van der Waals surface area contributed by atoms with Gasteiger partial charge in [0, 0.05) is 28.0 Å². The van der Waals surface area contributed by atoms with Gasteiger partial charge < -0.3 is 10.2 Å². The Kier molecular flexibility index (Phi) is 4.84. The van der Waals surface area contributed by atoms with Crippen LogP contribution in [0.25, 0.3) is 0 Å². The number of rotatable bonds is 4. The van der Waals surface area contributed by atoms with E-state index in [1.807, 2.05) is 17.8 Å². The molecule has 116 valence electrons. The van der Waals surface area contributed by atoms with Gasteiger partial charge in [0.05, 0.1) is 0 Å². The second-order valence-electron chi connectivity index (χ2n) is 6.58. The first kappa shape index (κ1) is 15.7. The van der Waals surface area contributed by atoms with Gasteiger partial charge in [-0.05, 0) is 62.9 Å². The third-order valence-corrected chi connectivity index (χ3v) is 6.53. The van der Waals surface area contributed by atoms with E-state index in [0.717, 1.165) is 11.6 Å². The molecule has 1 atom stereocenters. The van der Waals surface area contributed by atoms with Gasteiger partial charge in [0.15, 0.2) is 0 Å². The summed E-state index contributed by atoms with van der Waals surface area (Å²) >= 11 is 8.16. The van der Waals surface area contributed by atoms with Gasteiger partial charge in [-0.15, -0.1) is 11.8 Å². The maximum absolute atomic E-state index is 6.20. The Morgan fingerprint density at radius 1 is 1.33 bits per heavy atom. The lowest BCUT2D eigenvalue weighted by atomic mass is 9.94. The van der Waals surface area contributed by atoms with Crippen molar-refractivity contribution in [2.75, 3.05) is 26.4 Å². The molecule has 1 N–H and O–H groups in total. The van der Waals surface area contributed by atoms with E-state index in [4.69, 9.17) is 11.6 Å². The summed E-state index contributed by atoms with van der Waals surface area (Å²) < 4.78 is 0. The first-order valence-corrected chi connectivity index (χ1v) is 9.30. The minimum Gasteiger partial charge on any atom is -0.308 e. The van der Waals surface area contributed by atoms with Gasteiger partial charge in [-0.1, -0.05) is 24.4 Å². The standard InChI is InChI=1S/C17H25ClN2S/c1-20(2)17(8-3-4-9-17)12-19-15-7-10-21-16-6-5-13(18)11-14(15)16/h5-6,11,15,19H,3-4,7-10,12H2,1-2H3. The van der Waals surface area contributed by atoms with Gasteiger partial charge in [-0.2, -0.15) is 0 Å². The van der Waals surface area contributed by atoms with Crippen molar-refractivity contribution in [1.29, 1.82) is 0 Å². The molecule has 2 aliphatic rings. The number of halogens is 1. The summed E-state index contributed by atoms with van der Waals surface area (Å²) in [7, 11) is 4.46. The Morgan fingerprint density at radius 3 is 2.81 bits per heavy atom. The van der Waals surface area contributed by atoms with Gasteiger partial charge >= 0.3 is 0 Å². The maximum atomic E-state index is 6.20. The monoisotopic (exact) mass is 324 g/mol. The molecule has 1 saturated carbocycles. The van der Waals surface area contributed by atoms with Crippen LogP contribution in [-0.2, 0) is 0 Å². The topological polar surface area (TPSA) is 15.3 Å². The highest BCUT2D eigenvalue weighted by molar-refractivity contribution is 7.99. The zero-order valence-electron chi connectivity index (χ0n) is 13.0. The van der Waals surface area contributed by atoms with Crippen LogP contribution in [0.4, 0.5) is 0 Å². The fourth-order valence-electron chi connectivity index (χ4n) is 3.71. The predicted octanol–water partition coefficient (Wildman–Crippen LogP) is 4.34. The van der Waals surface area contributed by atoms with Crippen molar-refractivity contribution in [3.05, 3.63) is 28.8 Å². The molecule has 0 aromatic heterocycles. The summed E-state index contributed by atoms with van der Waals surface area (Å²) in [6, 6.07) is 6.79. The Balaban J connectivity index is 1.73. The quantitative estimate of drug-likeness (QED) is 0.887. The van der Waals surface area contributed by atoms with E-state index in [2.05, 4.69) is 36.4 Å². The number of fused-ring (bicyclic) bond motifs is 1. The van der Waals surface area contributed by atoms with Gasteiger partial charge in [0.2, 0.25) is 0 Å². The molecule has 1 aromatic rings. The Bertz CT molecular complexity index is 498. The van der Waals surface area contributed by atoms with Crippen molar-refractivity contribution in [2.45, 2.75) is 48.6 Å². The average Bonchev–Trinajstić information content (AvgIpc) is 2.95. The average molecular weight is 325 g/mol. The van der Waals surface area contributed by atoms with Crippen LogP contribution in [0, 0.1) is 0 Å². The molecule has 0 spiro atoms. The van der Waals surface area contributed by atoms with Crippen molar-refractivity contribution in [3.63, 3.8) is 0 Å². The third-order valence-electron chi connectivity index (χ3n) is 5.17. The number of nitrogens with one attached hydrogen (secondary N) is 1. The van der Waals surface area contributed by atoms with E-state index in [0.29, 0.717) is 11.6 Å². The van der Waals surface area contributed by atoms with Crippen molar-refractivity contribution in [1.82, 2.24) is 10.2 Å². The fourth-order valence-corrected chi connectivity index (χ4v) is 4.99. The minimum atomic E-state index is 0.351. The molecule has 1 aliphatic carbocycles. The highest BCUT2D eigenvalue weighted by atomic mass is 35.5. The van der Waals surface area contributed by atoms with E-state index in [1.54, 1.807) is 0 Å². The van der Waals surface area contributed by atoms with Crippen molar-refractivity contribution in [3.8, 4) is 0 Å². The number of benzene rings is 1. The van der Waals surface area contributed by atoms with Crippen LogP contribution < -0.4 is 5.32 Å². The van der Waals surface area contributed by atoms with Gasteiger partial charge in [-0.25, -0.2) is 0 Å². The largest absolute Gasteiger partial charge is 0.308 e. The smallest absolute Gasteiger partial charge is 0.0410 e. The van der Waals surface area contributed by atoms with Crippen LogP contribution in [0.2, 0.25) is 5.02 Å². The van der Waals surface area contributed by atoms with E-state index < -0.39 is 0 Å². The molecule has 0 radical (unpaired) electrons.